The smallest absolute Gasteiger partial charge is 0.240 e. The molecule has 4 aliphatic heterocycles. The van der Waals surface area contributed by atoms with E-state index in [0.29, 0.717) is 23.8 Å². The van der Waals surface area contributed by atoms with Gasteiger partial charge in [-0.1, -0.05) is 49.7 Å². The number of benzene rings is 1. The Labute approximate surface area is 153 Å². The van der Waals surface area contributed by atoms with E-state index in [0.717, 1.165) is 30.7 Å². The number of nitrogens with one attached hydrogen (secondary N) is 2. The molecule has 4 bridgehead atoms. The number of hydrogen-bond acceptors (Lipinski definition) is 1. The van der Waals surface area contributed by atoms with Crippen LogP contribution in [-0.2, 0) is 4.79 Å². The van der Waals surface area contributed by atoms with E-state index in [4.69, 9.17) is 0 Å². The minimum Gasteiger partial charge on any atom is -0.297 e. The minimum absolute atomic E-state index is 0.117. The van der Waals surface area contributed by atoms with Gasteiger partial charge in [-0.15, -0.1) is 0 Å². The van der Waals surface area contributed by atoms with Crippen molar-refractivity contribution in [3.05, 3.63) is 34.3 Å². The van der Waals surface area contributed by atoms with Gasteiger partial charge in [-0.3, -0.25) is 14.6 Å². The second-order valence-electron chi connectivity index (χ2n) is 8.96. The minimum atomic E-state index is -0.117. The summed E-state index contributed by atoms with van der Waals surface area (Å²) >= 11 is 3.63. The first kappa shape index (κ1) is 16.7. The number of ketones is 1. The SMILES string of the molecule is CC(C)C12C[NH+]3CC(C(C)C)(C[NH+](C1)C3c1cccc(Br)c1)C2=O. The number of rotatable bonds is 3. The molecule has 4 heteroatoms. The van der Waals surface area contributed by atoms with Crippen LogP contribution in [0.1, 0.15) is 39.4 Å². The highest BCUT2D eigenvalue weighted by Crippen LogP contribution is 2.45. The first-order valence-corrected chi connectivity index (χ1v) is 10.1. The zero-order chi connectivity index (χ0) is 17.3. The van der Waals surface area contributed by atoms with E-state index in [2.05, 4.69) is 67.9 Å². The molecule has 0 spiro atoms. The quantitative estimate of drug-likeness (QED) is 0.791. The van der Waals surface area contributed by atoms with Crippen LogP contribution in [0.25, 0.3) is 0 Å². The van der Waals surface area contributed by atoms with Crippen LogP contribution in [0.15, 0.2) is 28.7 Å². The molecule has 0 unspecified atom stereocenters. The summed E-state index contributed by atoms with van der Waals surface area (Å²) in [4.78, 5) is 16.8. The lowest BCUT2D eigenvalue weighted by Gasteiger charge is -2.62. The van der Waals surface area contributed by atoms with E-state index in [-0.39, 0.29) is 10.8 Å². The molecule has 1 aromatic carbocycles. The van der Waals surface area contributed by atoms with Crippen LogP contribution in [-0.4, -0.2) is 32.0 Å². The highest BCUT2D eigenvalue weighted by molar-refractivity contribution is 9.10. The summed E-state index contributed by atoms with van der Waals surface area (Å²) in [6.45, 7) is 13.1. The summed E-state index contributed by atoms with van der Waals surface area (Å²) in [6, 6.07) is 8.79. The Kier molecular flexibility index (Phi) is 3.76. The maximum absolute atomic E-state index is 13.6. The molecule has 0 saturated carbocycles. The molecule has 3 nitrogen and oxygen atoms in total. The van der Waals surface area contributed by atoms with Gasteiger partial charge in [0.05, 0.1) is 5.56 Å². The van der Waals surface area contributed by atoms with Gasteiger partial charge < -0.3 is 0 Å². The first-order chi connectivity index (χ1) is 11.3. The fourth-order valence-electron chi connectivity index (χ4n) is 5.88. The van der Waals surface area contributed by atoms with Gasteiger partial charge in [-0.2, -0.15) is 0 Å². The van der Waals surface area contributed by atoms with Gasteiger partial charge in [0.25, 0.3) is 0 Å². The number of carbonyl (C=O) groups excluding carboxylic acids is 1. The Morgan fingerprint density at radius 3 is 1.92 bits per heavy atom. The van der Waals surface area contributed by atoms with E-state index in [1.165, 1.54) is 5.56 Å². The fourth-order valence-corrected chi connectivity index (χ4v) is 6.30. The maximum Gasteiger partial charge on any atom is 0.240 e. The van der Waals surface area contributed by atoms with Crippen molar-refractivity contribution in [1.82, 2.24) is 0 Å². The third-order valence-electron chi connectivity index (χ3n) is 7.28. The van der Waals surface area contributed by atoms with Crippen molar-refractivity contribution in [3.8, 4) is 0 Å². The lowest BCUT2D eigenvalue weighted by atomic mass is 9.53. The number of halogens is 1. The highest BCUT2D eigenvalue weighted by Gasteiger charge is 2.72. The van der Waals surface area contributed by atoms with Gasteiger partial charge in [-0.25, -0.2) is 0 Å². The van der Waals surface area contributed by atoms with Crippen molar-refractivity contribution < 1.29 is 14.6 Å². The third-order valence-corrected chi connectivity index (χ3v) is 7.78. The normalized spacial score (nSPS) is 40.8. The summed E-state index contributed by atoms with van der Waals surface area (Å²) < 4.78 is 1.16. The fraction of sp³-hybridized carbons (Fsp3) is 0.650. The second-order valence-corrected chi connectivity index (χ2v) is 9.88. The molecule has 0 radical (unpaired) electrons. The van der Waals surface area contributed by atoms with E-state index in [1.807, 2.05) is 0 Å². The van der Waals surface area contributed by atoms with E-state index in [1.54, 1.807) is 9.80 Å². The van der Waals surface area contributed by atoms with Crippen molar-refractivity contribution >= 4 is 21.7 Å². The topological polar surface area (TPSA) is 26.0 Å². The van der Waals surface area contributed by atoms with Crippen LogP contribution < -0.4 is 9.80 Å². The van der Waals surface area contributed by atoms with Gasteiger partial charge >= 0.3 is 0 Å². The lowest BCUT2D eigenvalue weighted by Crippen LogP contribution is -3.41. The Balaban J connectivity index is 1.79. The zero-order valence-corrected chi connectivity index (χ0v) is 16.7. The van der Waals surface area contributed by atoms with E-state index >= 15 is 0 Å². The van der Waals surface area contributed by atoms with Crippen molar-refractivity contribution in [2.75, 3.05) is 26.2 Å². The predicted octanol–water partition coefficient (Wildman–Crippen LogP) is 1.11. The highest BCUT2D eigenvalue weighted by atomic mass is 79.9. The van der Waals surface area contributed by atoms with E-state index in [9.17, 15) is 4.79 Å². The molecule has 4 heterocycles. The molecule has 2 N–H and O–H groups in total. The Morgan fingerprint density at radius 2 is 1.50 bits per heavy atom. The van der Waals surface area contributed by atoms with Gasteiger partial charge in [0.1, 0.15) is 37.0 Å². The standard InChI is InChI=1S/C20H27BrN2O/c1-13(2)19-9-22-11-20(14(3)4,18(19)24)12-23(10-19)17(22)15-6-5-7-16(21)8-15/h5-8,13-14,17H,9-12H2,1-4H3/p+2. The molecule has 0 amide bonds. The second kappa shape index (κ2) is 5.39. The van der Waals surface area contributed by atoms with E-state index < -0.39 is 0 Å². The number of piperidine rings is 2. The van der Waals surface area contributed by atoms with Crippen molar-refractivity contribution in [1.29, 1.82) is 0 Å². The molecule has 4 fully saturated rings. The molecule has 1 aromatic rings. The summed E-state index contributed by atoms with van der Waals surface area (Å²) in [5, 5.41) is 0. The third kappa shape index (κ3) is 2.06. The predicted molar refractivity (Wildman–Crippen MR) is 97.8 cm³/mol. The van der Waals surface area contributed by atoms with Crippen molar-refractivity contribution in [2.45, 2.75) is 33.9 Å². The van der Waals surface area contributed by atoms with Gasteiger partial charge in [-0.05, 0) is 30.0 Å². The monoisotopic (exact) mass is 392 g/mol. The molecule has 0 aromatic heterocycles. The molecule has 0 atom stereocenters. The molecule has 5 rings (SSSR count). The van der Waals surface area contributed by atoms with Gasteiger partial charge in [0.15, 0.2) is 5.78 Å². The van der Waals surface area contributed by atoms with Crippen molar-refractivity contribution in [2.24, 2.45) is 22.7 Å². The number of hydrogen-bond donors (Lipinski definition) is 2. The average Bonchev–Trinajstić information content (AvgIpc) is 2.50. The number of quaternary nitrogens is 2. The van der Waals surface area contributed by atoms with Gasteiger partial charge in [0.2, 0.25) is 6.17 Å². The Bertz CT molecular complexity index is 638. The Hall–Kier alpha value is -0.710. The number of carbonyl (C=O) groups is 1. The maximum atomic E-state index is 13.6. The summed E-state index contributed by atoms with van der Waals surface area (Å²) in [5.74, 6) is 1.44. The van der Waals surface area contributed by atoms with Gasteiger partial charge in [0, 0.05) is 4.47 Å². The van der Waals surface area contributed by atoms with Crippen molar-refractivity contribution in [3.63, 3.8) is 0 Å². The molecule has 24 heavy (non-hydrogen) atoms. The van der Waals surface area contributed by atoms with Crippen LogP contribution in [0.5, 0.6) is 0 Å². The molecule has 0 aliphatic carbocycles. The Morgan fingerprint density at radius 1 is 1.00 bits per heavy atom. The van der Waals surface area contributed by atoms with Crippen LogP contribution in [0.3, 0.4) is 0 Å². The first-order valence-electron chi connectivity index (χ1n) is 9.30. The average molecular weight is 393 g/mol. The summed E-state index contributed by atoms with van der Waals surface area (Å²) in [5.41, 5.74) is 1.18. The molecule has 4 saturated heterocycles. The van der Waals surface area contributed by atoms with Crippen LogP contribution >= 0.6 is 15.9 Å². The molecule has 4 aliphatic rings. The van der Waals surface area contributed by atoms with Crippen LogP contribution in [0.2, 0.25) is 0 Å². The lowest BCUT2D eigenvalue weighted by molar-refractivity contribution is -1.18. The molecular formula is C20H29BrN2O+2. The number of Topliss-reactive ketones (excluding diaryl/α,β-unsaturated/α-hetero) is 1. The largest absolute Gasteiger partial charge is 0.297 e. The molecule has 130 valence electrons. The molecular weight excluding hydrogens is 364 g/mol. The van der Waals surface area contributed by atoms with Crippen LogP contribution in [0, 0.1) is 22.7 Å². The summed E-state index contributed by atoms with van der Waals surface area (Å²) in [7, 11) is 0. The zero-order valence-electron chi connectivity index (χ0n) is 15.2. The summed E-state index contributed by atoms with van der Waals surface area (Å²) in [6.07, 6.45) is 0.481. The van der Waals surface area contributed by atoms with Crippen LogP contribution in [0.4, 0.5) is 0 Å².